The predicted octanol–water partition coefficient (Wildman–Crippen LogP) is 9.69. The van der Waals surface area contributed by atoms with Gasteiger partial charge in [-0.3, -0.25) is 9.59 Å². The Morgan fingerprint density at radius 3 is 1.88 bits per heavy atom. The van der Waals surface area contributed by atoms with E-state index in [0.717, 1.165) is 24.8 Å². The standard InChI is InChI=1S/C37H62O6/c1-6-7-8-9-10-11-12-13-14-15-16-17-18-19-20-21-36(40)43-28-31-26-35(42-5)33(37(41)34(31)27-38)23-22-30(4)25-32(39)24-29(2)3/h24,26,30,38,41H,6-23,25,27-28H2,1-5H3. The van der Waals surface area contributed by atoms with Crippen molar-refractivity contribution in [2.24, 2.45) is 5.92 Å². The molecule has 2 N–H and O–H groups in total. The fraction of sp³-hybridized carbons (Fsp3) is 0.730. The molecule has 0 radical (unpaired) electrons. The first-order valence-electron chi connectivity index (χ1n) is 17.1. The molecule has 1 rings (SSSR count). The van der Waals surface area contributed by atoms with Crippen LogP contribution in [0.25, 0.3) is 0 Å². The number of aromatic hydroxyl groups is 1. The van der Waals surface area contributed by atoms with Gasteiger partial charge in [0.05, 0.1) is 13.7 Å². The van der Waals surface area contributed by atoms with Gasteiger partial charge in [-0.25, -0.2) is 0 Å². The normalized spacial score (nSPS) is 11.8. The molecule has 0 bridgehead atoms. The largest absolute Gasteiger partial charge is 0.507 e. The van der Waals surface area contributed by atoms with Crippen molar-refractivity contribution in [3.8, 4) is 11.5 Å². The molecule has 1 aromatic rings. The van der Waals surface area contributed by atoms with Crippen molar-refractivity contribution in [1.82, 2.24) is 0 Å². The van der Waals surface area contributed by atoms with Crippen LogP contribution in [-0.2, 0) is 34.0 Å². The molecule has 1 unspecified atom stereocenters. The molecular formula is C37H62O6. The number of methoxy groups -OCH3 is 1. The number of aliphatic hydroxyl groups excluding tert-OH is 1. The number of rotatable bonds is 26. The number of carbonyl (C=O) groups is 2. The molecule has 0 spiro atoms. The molecule has 1 atom stereocenters. The first kappa shape index (κ1) is 38.7. The zero-order chi connectivity index (χ0) is 31.9. The van der Waals surface area contributed by atoms with Crippen molar-refractivity contribution in [3.63, 3.8) is 0 Å². The van der Waals surface area contributed by atoms with E-state index in [1.165, 1.54) is 84.2 Å². The lowest BCUT2D eigenvalue weighted by Gasteiger charge is -2.18. The van der Waals surface area contributed by atoms with Gasteiger partial charge in [-0.1, -0.05) is 109 Å². The molecule has 0 saturated heterocycles. The Morgan fingerprint density at radius 2 is 1.40 bits per heavy atom. The lowest BCUT2D eigenvalue weighted by atomic mass is 9.93. The minimum absolute atomic E-state index is 0.0225. The smallest absolute Gasteiger partial charge is 0.306 e. The average molecular weight is 603 g/mol. The third-order valence-electron chi connectivity index (χ3n) is 8.20. The zero-order valence-corrected chi connectivity index (χ0v) is 28.1. The van der Waals surface area contributed by atoms with Crippen molar-refractivity contribution in [2.45, 2.75) is 163 Å². The lowest BCUT2D eigenvalue weighted by Crippen LogP contribution is -2.09. The van der Waals surface area contributed by atoms with Crippen molar-refractivity contribution >= 4 is 11.8 Å². The highest BCUT2D eigenvalue weighted by atomic mass is 16.5. The third kappa shape index (κ3) is 17.5. The molecular weight excluding hydrogens is 540 g/mol. The lowest BCUT2D eigenvalue weighted by molar-refractivity contribution is -0.145. The van der Waals surface area contributed by atoms with Gasteiger partial charge >= 0.3 is 5.97 Å². The molecule has 0 aromatic heterocycles. The second-order valence-corrected chi connectivity index (χ2v) is 12.6. The number of esters is 1. The number of allylic oxidation sites excluding steroid dienone is 2. The Labute approximate surface area is 262 Å². The summed E-state index contributed by atoms with van der Waals surface area (Å²) in [5, 5.41) is 20.9. The Morgan fingerprint density at radius 1 is 0.860 bits per heavy atom. The molecule has 6 heteroatoms. The fourth-order valence-electron chi connectivity index (χ4n) is 5.60. The summed E-state index contributed by atoms with van der Waals surface area (Å²) in [6, 6.07) is 1.74. The van der Waals surface area contributed by atoms with E-state index in [4.69, 9.17) is 9.47 Å². The van der Waals surface area contributed by atoms with Crippen molar-refractivity contribution in [2.75, 3.05) is 7.11 Å². The summed E-state index contributed by atoms with van der Waals surface area (Å²) in [4.78, 5) is 24.5. The Kier molecular flexibility index (Phi) is 21.6. The maximum Gasteiger partial charge on any atom is 0.306 e. The number of ether oxygens (including phenoxy) is 2. The molecule has 43 heavy (non-hydrogen) atoms. The van der Waals surface area contributed by atoms with Crippen LogP contribution in [0.2, 0.25) is 0 Å². The van der Waals surface area contributed by atoms with Gasteiger partial charge < -0.3 is 19.7 Å². The van der Waals surface area contributed by atoms with Crippen LogP contribution in [0.15, 0.2) is 17.7 Å². The molecule has 0 fully saturated rings. The van der Waals surface area contributed by atoms with Gasteiger partial charge in [-0.15, -0.1) is 0 Å². The van der Waals surface area contributed by atoms with Crippen molar-refractivity contribution in [3.05, 3.63) is 34.4 Å². The topological polar surface area (TPSA) is 93.1 Å². The maximum absolute atomic E-state index is 12.4. The van der Waals surface area contributed by atoms with E-state index in [1.54, 1.807) is 12.1 Å². The first-order valence-corrected chi connectivity index (χ1v) is 17.1. The molecule has 1 aromatic carbocycles. The van der Waals surface area contributed by atoms with E-state index in [-0.39, 0.29) is 36.6 Å². The highest BCUT2D eigenvalue weighted by Gasteiger charge is 2.20. The van der Waals surface area contributed by atoms with Gasteiger partial charge in [0, 0.05) is 29.5 Å². The van der Waals surface area contributed by atoms with E-state index >= 15 is 0 Å². The average Bonchev–Trinajstić information content (AvgIpc) is 2.96. The highest BCUT2D eigenvalue weighted by molar-refractivity contribution is 5.90. The molecule has 0 saturated carbocycles. The summed E-state index contributed by atoms with van der Waals surface area (Å²) in [6.07, 6.45) is 22.8. The SMILES string of the molecule is CCCCCCCCCCCCCCCCCC(=O)OCc1cc(OC)c(CCC(C)CC(=O)C=C(C)C)c(O)c1CO. The number of phenols is 1. The summed E-state index contributed by atoms with van der Waals surface area (Å²) >= 11 is 0. The number of carbonyl (C=O) groups excluding carboxylic acids is 2. The van der Waals surface area contributed by atoms with Crippen LogP contribution >= 0.6 is 0 Å². The molecule has 0 aliphatic heterocycles. The van der Waals surface area contributed by atoms with Gasteiger partial charge in [0.15, 0.2) is 5.78 Å². The monoisotopic (exact) mass is 602 g/mol. The van der Waals surface area contributed by atoms with E-state index in [1.807, 2.05) is 20.8 Å². The van der Waals surface area contributed by atoms with Crippen molar-refractivity contribution < 1.29 is 29.3 Å². The van der Waals surface area contributed by atoms with Gasteiger partial charge in [-0.05, 0) is 51.2 Å². The minimum atomic E-state index is -0.372. The van der Waals surface area contributed by atoms with Crippen LogP contribution in [0.1, 0.15) is 160 Å². The Hall–Kier alpha value is -2.34. The van der Waals surface area contributed by atoms with Crippen molar-refractivity contribution in [1.29, 1.82) is 0 Å². The van der Waals surface area contributed by atoms with Crippen LogP contribution in [0.3, 0.4) is 0 Å². The number of benzene rings is 1. The number of ketones is 1. The maximum atomic E-state index is 12.4. The van der Waals surface area contributed by atoms with E-state index in [2.05, 4.69) is 6.92 Å². The van der Waals surface area contributed by atoms with Gasteiger partial charge in [0.2, 0.25) is 0 Å². The summed E-state index contributed by atoms with van der Waals surface area (Å²) in [5.41, 5.74) is 2.47. The van der Waals surface area contributed by atoms with E-state index in [0.29, 0.717) is 48.1 Å². The molecule has 0 aliphatic carbocycles. The van der Waals surface area contributed by atoms with E-state index < -0.39 is 0 Å². The van der Waals surface area contributed by atoms with Crippen LogP contribution in [-0.4, -0.2) is 29.1 Å². The molecule has 0 aliphatic rings. The molecule has 0 heterocycles. The van der Waals surface area contributed by atoms with Gasteiger partial charge in [-0.2, -0.15) is 0 Å². The van der Waals surface area contributed by atoms with Gasteiger partial charge in [0.25, 0.3) is 0 Å². The molecule has 0 amide bonds. The second-order valence-electron chi connectivity index (χ2n) is 12.6. The predicted molar refractivity (Wildman–Crippen MR) is 176 cm³/mol. The number of unbranched alkanes of at least 4 members (excludes halogenated alkanes) is 14. The summed E-state index contributed by atoms with van der Waals surface area (Å²) in [6.45, 7) is 7.69. The number of aliphatic hydroxyl groups is 1. The quantitative estimate of drug-likeness (QED) is 0.0623. The second kappa shape index (κ2) is 24.0. The zero-order valence-electron chi connectivity index (χ0n) is 28.1. The fourth-order valence-corrected chi connectivity index (χ4v) is 5.60. The third-order valence-corrected chi connectivity index (χ3v) is 8.20. The van der Waals surface area contributed by atoms with Crippen LogP contribution in [0, 0.1) is 5.92 Å². The summed E-state index contributed by atoms with van der Waals surface area (Å²) in [7, 11) is 1.53. The highest BCUT2D eigenvalue weighted by Crippen LogP contribution is 2.36. The van der Waals surface area contributed by atoms with Crippen LogP contribution < -0.4 is 4.74 Å². The Balaban J connectivity index is 2.36. The summed E-state index contributed by atoms with van der Waals surface area (Å²) in [5.74, 6) is 0.423. The summed E-state index contributed by atoms with van der Waals surface area (Å²) < 4.78 is 11.0. The first-order chi connectivity index (χ1) is 20.7. The van der Waals surface area contributed by atoms with Crippen LogP contribution in [0.4, 0.5) is 0 Å². The molecule has 6 nitrogen and oxygen atoms in total. The number of hydrogen-bond donors (Lipinski definition) is 2. The van der Waals surface area contributed by atoms with E-state index in [9.17, 15) is 19.8 Å². The van der Waals surface area contributed by atoms with Crippen LogP contribution in [0.5, 0.6) is 11.5 Å². The molecule has 246 valence electrons. The minimum Gasteiger partial charge on any atom is -0.507 e. The number of hydrogen-bond acceptors (Lipinski definition) is 6. The van der Waals surface area contributed by atoms with Gasteiger partial charge in [0.1, 0.15) is 18.1 Å². The Bertz CT molecular complexity index is 947.